The number of aromatic nitrogens is 1. The summed E-state index contributed by atoms with van der Waals surface area (Å²) in [7, 11) is -3.82. The van der Waals surface area contributed by atoms with Crippen LogP contribution < -0.4 is 4.83 Å². The molecule has 0 saturated carbocycles. The van der Waals surface area contributed by atoms with Gasteiger partial charge in [0, 0.05) is 22.2 Å². The molecule has 5 nitrogen and oxygen atoms in total. The number of H-pyrrole nitrogens is 1. The number of para-hydroxylation sites is 1. The predicted octanol–water partition coefficient (Wildman–Crippen LogP) is 2.93. The largest absolute Gasteiger partial charge is 0.358 e. The highest BCUT2D eigenvalue weighted by Gasteiger charge is 2.12. The molecule has 0 bridgehead atoms. The van der Waals surface area contributed by atoms with Crippen LogP contribution in [0.2, 0.25) is 0 Å². The zero-order valence-corrected chi connectivity index (χ0v) is 13.1. The fraction of sp³-hybridized carbons (Fsp3) is 0.0625. The molecule has 0 aliphatic heterocycles. The molecular formula is C16H14FN3O2S. The van der Waals surface area contributed by atoms with E-state index >= 15 is 0 Å². The summed E-state index contributed by atoms with van der Waals surface area (Å²) in [6.07, 6.45) is 1.45. The molecule has 23 heavy (non-hydrogen) atoms. The lowest BCUT2D eigenvalue weighted by Gasteiger charge is -2.02. The van der Waals surface area contributed by atoms with Crippen molar-refractivity contribution < 1.29 is 12.8 Å². The molecule has 2 N–H and O–H groups in total. The first-order chi connectivity index (χ1) is 11.0. The number of rotatable bonds is 4. The molecule has 0 aliphatic carbocycles. The lowest BCUT2D eigenvalue weighted by atomic mass is 10.1. The number of sulfonamides is 1. The molecule has 0 aliphatic rings. The second kappa shape index (κ2) is 5.85. The molecular weight excluding hydrogens is 317 g/mol. The van der Waals surface area contributed by atoms with E-state index in [4.69, 9.17) is 0 Å². The van der Waals surface area contributed by atoms with Crippen LogP contribution >= 0.6 is 0 Å². The number of halogens is 1. The van der Waals surface area contributed by atoms with Crippen molar-refractivity contribution >= 4 is 27.1 Å². The lowest BCUT2D eigenvalue weighted by molar-refractivity contribution is 0.583. The molecule has 1 aromatic heterocycles. The van der Waals surface area contributed by atoms with E-state index in [0.717, 1.165) is 34.3 Å². The van der Waals surface area contributed by atoms with Gasteiger partial charge in [-0.3, -0.25) is 0 Å². The lowest BCUT2D eigenvalue weighted by Crippen LogP contribution is -2.18. The zero-order chi connectivity index (χ0) is 16.4. The van der Waals surface area contributed by atoms with Crippen LogP contribution in [0.1, 0.15) is 11.3 Å². The van der Waals surface area contributed by atoms with Crippen LogP contribution in [0.5, 0.6) is 0 Å². The average Bonchev–Trinajstić information content (AvgIpc) is 2.84. The van der Waals surface area contributed by atoms with Gasteiger partial charge in [0.2, 0.25) is 0 Å². The molecule has 0 atom stereocenters. The summed E-state index contributed by atoms with van der Waals surface area (Å²) >= 11 is 0. The minimum absolute atomic E-state index is 0.0494. The topological polar surface area (TPSA) is 74.3 Å². The van der Waals surface area contributed by atoms with Gasteiger partial charge < -0.3 is 4.98 Å². The third kappa shape index (κ3) is 3.09. The van der Waals surface area contributed by atoms with Crippen LogP contribution in [-0.2, 0) is 10.0 Å². The maximum atomic E-state index is 12.9. The van der Waals surface area contributed by atoms with Crippen molar-refractivity contribution in [3.8, 4) is 0 Å². The van der Waals surface area contributed by atoms with Gasteiger partial charge in [0.1, 0.15) is 5.82 Å². The molecule has 7 heteroatoms. The third-order valence-electron chi connectivity index (χ3n) is 3.43. The average molecular weight is 331 g/mol. The van der Waals surface area contributed by atoms with Gasteiger partial charge in [-0.05, 0) is 37.3 Å². The first-order valence-corrected chi connectivity index (χ1v) is 8.33. The standard InChI is InChI=1S/C16H14FN3O2S/c1-11-15(14-4-2-3-5-16(14)19-11)10-18-20-23(21,22)13-8-6-12(17)7-9-13/h2-10,19-20H,1H3/b18-10-. The SMILES string of the molecule is Cc1[nH]c2ccccc2c1/C=N\NS(=O)(=O)c1ccc(F)cc1. The molecule has 1 heterocycles. The summed E-state index contributed by atoms with van der Waals surface area (Å²) in [4.78, 5) is 5.28. The van der Waals surface area contributed by atoms with Gasteiger partial charge in [0.15, 0.2) is 0 Å². The van der Waals surface area contributed by atoms with E-state index in [1.807, 2.05) is 31.2 Å². The fourth-order valence-corrected chi connectivity index (χ4v) is 3.08. The van der Waals surface area contributed by atoms with Gasteiger partial charge in [-0.1, -0.05) is 18.2 Å². The third-order valence-corrected chi connectivity index (χ3v) is 4.67. The highest BCUT2D eigenvalue weighted by Crippen LogP contribution is 2.20. The first kappa shape index (κ1) is 15.2. The van der Waals surface area contributed by atoms with Crippen LogP contribution in [0.3, 0.4) is 0 Å². The highest BCUT2D eigenvalue weighted by atomic mass is 32.2. The van der Waals surface area contributed by atoms with Gasteiger partial charge in [-0.25, -0.2) is 9.22 Å². The van der Waals surface area contributed by atoms with Crippen molar-refractivity contribution in [2.75, 3.05) is 0 Å². The Hall–Kier alpha value is -2.67. The number of nitrogens with zero attached hydrogens (tertiary/aromatic N) is 1. The van der Waals surface area contributed by atoms with Crippen molar-refractivity contribution in [3.05, 3.63) is 65.6 Å². The Bertz CT molecular complexity index is 976. The van der Waals surface area contributed by atoms with E-state index in [1.54, 1.807) is 0 Å². The fourth-order valence-electron chi connectivity index (χ4n) is 2.29. The normalized spacial score (nSPS) is 12.1. The number of aryl methyl sites for hydroxylation is 1. The summed E-state index contributed by atoms with van der Waals surface area (Å²) in [5.41, 5.74) is 2.64. The van der Waals surface area contributed by atoms with Crippen molar-refractivity contribution in [1.82, 2.24) is 9.82 Å². The number of hydrogen-bond donors (Lipinski definition) is 2. The van der Waals surface area contributed by atoms with E-state index in [0.29, 0.717) is 0 Å². The van der Waals surface area contributed by atoms with E-state index in [2.05, 4.69) is 14.9 Å². The molecule has 3 aromatic rings. The summed E-state index contributed by atoms with van der Waals surface area (Å²) in [5.74, 6) is -0.498. The second-order valence-corrected chi connectivity index (χ2v) is 6.68. The molecule has 0 fully saturated rings. The Balaban J connectivity index is 1.85. The number of hydrogen-bond acceptors (Lipinski definition) is 3. The molecule has 2 aromatic carbocycles. The molecule has 0 saturated heterocycles. The summed E-state index contributed by atoms with van der Waals surface area (Å²) in [5, 5.41) is 4.77. The summed E-state index contributed by atoms with van der Waals surface area (Å²) in [6.45, 7) is 1.88. The van der Waals surface area contributed by atoms with Crippen molar-refractivity contribution in [2.45, 2.75) is 11.8 Å². The Kier molecular flexibility index (Phi) is 3.87. The summed E-state index contributed by atoms with van der Waals surface area (Å²) in [6, 6.07) is 12.2. The van der Waals surface area contributed by atoms with Crippen molar-refractivity contribution in [1.29, 1.82) is 0 Å². The van der Waals surface area contributed by atoms with Crippen molar-refractivity contribution in [2.24, 2.45) is 5.10 Å². The monoisotopic (exact) mass is 331 g/mol. The minimum Gasteiger partial charge on any atom is -0.358 e. The van der Waals surface area contributed by atoms with Crippen LogP contribution in [0.15, 0.2) is 58.5 Å². The van der Waals surface area contributed by atoms with E-state index in [-0.39, 0.29) is 4.90 Å². The maximum absolute atomic E-state index is 12.9. The van der Waals surface area contributed by atoms with Gasteiger partial charge in [-0.15, -0.1) is 0 Å². The van der Waals surface area contributed by atoms with Crippen LogP contribution in [0.25, 0.3) is 10.9 Å². The van der Waals surface area contributed by atoms with Crippen LogP contribution in [-0.4, -0.2) is 19.6 Å². The van der Waals surface area contributed by atoms with E-state index in [1.165, 1.54) is 18.3 Å². The molecule has 118 valence electrons. The molecule has 0 spiro atoms. The van der Waals surface area contributed by atoms with Crippen molar-refractivity contribution in [3.63, 3.8) is 0 Å². The van der Waals surface area contributed by atoms with Crippen LogP contribution in [0, 0.1) is 12.7 Å². The molecule has 0 unspecified atom stereocenters. The van der Waals surface area contributed by atoms with Gasteiger partial charge >= 0.3 is 0 Å². The number of aromatic amines is 1. The predicted molar refractivity (Wildman–Crippen MR) is 87.4 cm³/mol. The van der Waals surface area contributed by atoms with E-state index < -0.39 is 15.8 Å². The Morgan fingerprint density at radius 2 is 1.83 bits per heavy atom. The number of benzene rings is 2. The maximum Gasteiger partial charge on any atom is 0.276 e. The van der Waals surface area contributed by atoms with Gasteiger partial charge in [-0.2, -0.15) is 13.5 Å². The smallest absolute Gasteiger partial charge is 0.276 e. The molecule has 0 amide bonds. The zero-order valence-electron chi connectivity index (χ0n) is 12.2. The Labute approximate surface area is 132 Å². The first-order valence-electron chi connectivity index (χ1n) is 6.85. The summed E-state index contributed by atoms with van der Waals surface area (Å²) < 4.78 is 37.0. The molecule has 0 radical (unpaired) electrons. The van der Waals surface area contributed by atoms with Crippen LogP contribution in [0.4, 0.5) is 4.39 Å². The Morgan fingerprint density at radius 3 is 2.57 bits per heavy atom. The second-order valence-electron chi connectivity index (χ2n) is 5.02. The van der Waals surface area contributed by atoms with Gasteiger partial charge in [0.25, 0.3) is 10.0 Å². The number of hydrazone groups is 1. The molecule has 3 rings (SSSR count). The quantitative estimate of drug-likeness (QED) is 0.570. The number of nitrogens with one attached hydrogen (secondary N) is 2. The minimum atomic E-state index is -3.82. The van der Waals surface area contributed by atoms with E-state index in [9.17, 15) is 12.8 Å². The highest BCUT2D eigenvalue weighted by molar-refractivity contribution is 7.89. The number of fused-ring (bicyclic) bond motifs is 1. The van der Waals surface area contributed by atoms with Gasteiger partial charge in [0.05, 0.1) is 11.1 Å². The Morgan fingerprint density at radius 1 is 1.13 bits per heavy atom.